The lowest BCUT2D eigenvalue weighted by atomic mass is 10.2. The van der Waals surface area contributed by atoms with Crippen LogP contribution in [-0.2, 0) is 15.9 Å². The molecule has 0 radical (unpaired) electrons. The predicted molar refractivity (Wildman–Crippen MR) is 146 cm³/mol. The number of para-hydroxylation sites is 1. The van der Waals surface area contributed by atoms with Gasteiger partial charge >= 0.3 is 0 Å². The van der Waals surface area contributed by atoms with Crippen molar-refractivity contribution in [3.63, 3.8) is 0 Å². The third-order valence-corrected chi connectivity index (χ3v) is 6.95. The van der Waals surface area contributed by atoms with Gasteiger partial charge in [-0.05, 0) is 49.2 Å². The number of benzene rings is 2. The van der Waals surface area contributed by atoms with E-state index >= 15 is 0 Å². The van der Waals surface area contributed by atoms with Gasteiger partial charge in [0.25, 0.3) is 0 Å². The number of aromatic nitrogens is 4. The number of carbonyl (C=O) groups excluding carboxylic acids is 1. The van der Waals surface area contributed by atoms with E-state index in [9.17, 15) is 9.36 Å². The first-order valence-electron chi connectivity index (χ1n) is 11.0. The van der Waals surface area contributed by atoms with Crippen molar-refractivity contribution < 1.29 is 9.36 Å². The van der Waals surface area contributed by atoms with Crippen molar-refractivity contribution in [2.75, 3.05) is 29.3 Å². The molecule has 4 aromatic rings. The van der Waals surface area contributed by atoms with Gasteiger partial charge in [-0.25, -0.2) is 4.98 Å². The lowest BCUT2D eigenvalue weighted by Crippen LogP contribution is -2.10. The Bertz CT molecular complexity index is 1450. The van der Waals surface area contributed by atoms with E-state index in [0.29, 0.717) is 45.7 Å². The Morgan fingerprint density at radius 2 is 1.83 bits per heavy atom. The Balaban J connectivity index is 1.45. The molecule has 11 heteroatoms. The van der Waals surface area contributed by atoms with Crippen molar-refractivity contribution in [1.82, 2.24) is 19.7 Å². The van der Waals surface area contributed by atoms with Crippen molar-refractivity contribution >= 4 is 58.8 Å². The average molecular weight is 522 g/mol. The van der Waals surface area contributed by atoms with Crippen molar-refractivity contribution in [3.8, 4) is 0 Å². The number of nitrogens with one attached hydrogen (secondary N) is 3. The number of rotatable bonds is 9. The Labute approximate surface area is 214 Å². The number of carbonyl (C=O) groups is 1. The summed E-state index contributed by atoms with van der Waals surface area (Å²) in [5, 5.41) is 14.5. The molecule has 3 N–H and O–H groups in total. The third-order valence-electron chi connectivity index (χ3n) is 5.12. The average Bonchev–Trinajstić information content (AvgIpc) is 3.28. The second kappa shape index (κ2) is 10.8. The van der Waals surface area contributed by atoms with Gasteiger partial charge in [0.15, 0.2) is 5.82 Å². The molecular formula is C25H25ClN7O2P. The van der Waals surface area contributed by atoms with Crippen LogP contribution in [-0.4, -0.2) is 39.0 Å². The molecule has 0 saturated heterocycles. The van der Waals surface area contributed by atoms with Gasteiger partial charge in [-0.3, -0.25) is 9.48 Å². The molecule has 0 bridgehead atoms. The second-order valence-corrected chi connectivity index (χ2v) is 11.9. The summed E-state index contributed by atoms with van der Waals surface area (Å²) in [7, 11) is -2.51. The summed E-state index contributed by atoms with van der Waals surface area (Å²) in [5.74, 6) is 0.469. The fraction of sp³-hybridized carbons (Fsp3) is 0.120. The Hall–Kier alpha value is -3.94. The lowest BCUT2D eigenvalue weighted by Gasteiger charge is -2.15. The summed E-state index contributed by atoms with van der Waals surface area (Å²) in [5.41, 5.74) is 3.09. The summed E-state index contributed by atoms with van der Waals surface area (Å²) in [6, 6.07) is 14.8. The smallest absolute Gasteiger partial charge is 0.247 e. The monoisotopic (exact) mass is 521 g/mol. The van der Waals surface area contributed by atoms with E-state index in [1.54, 1.807) is 24.2 Å². The Morgan fingerprint density at radius 3 is 2.56 bits per heavy atom. The summed E-state index contributed by atoms with van der Waals surface area (Å²) in [6.45, 7) is 7.42. The van der Waals surface area contributed by atoms with Gasteiger partial charge < -0.3 is 20.5 Å². The van der Waals surface area contributed by atoms with Crippen LogP contribution in [0.15, 0.2) is 79.8 Å². The van der Waals surface area contributed by atoms with Crippen LogP contribution in [0.4, 0.5) is 28.8 Å². The molecule has 1 amide bonds. The molecule has 0 aliphatic rings. The lowest BCUT2D eigenvalue weighted by molar-refractivity contribution is -0.111. The molecule has 2 aromatic carbocycles. The van der Waals surface area contributed by atoms with E-state index in [2.05, 4.69) is 37.6 Å². The number of hydrogen-bond donors (Lipinski definition) is 3. The molecule has 0 saturated carbocycles. The highest BCUT2D eigenvalue weighted by Gasteiger charge is 2.17. The molecule has 0 spiro atoms. The normalized spacial score (nSPS) is 11.1. The first-order valence-corrected chi connectivity index (χ1v) is 13.9. The number of nitrogens with zero attached hydrogens (tertiary/aromatic N) is 4. The van der Waals surface area contributed by atoms with Crippen molar-refractivity contribution in [3.05, 3.63) is 90.4 Å². The number of hydrogen-bond acceptors (Lipinski definition) is 7. The molecule has 2 heterocycles. The quantitative estimate of drug-likeness (QED) is 0.204. The fourth-order valence-electron chi connectivity index (χ4n) is 3.41. The maximum Gasteiger partial charge on any atom is 0.247 e. The zero-order valence-electron chi connectivity index (χ0n) is 19.8. The number of halogens is 1. The molecule has 0 aliphatic carbocycles. The summed E-state index contributed by atoms with van der Waals surface area (Å²) >= 11 is 6.33. The zero-order valence-corrected chi connectivity index (χ0v) is 21.4. The molecule has 0 fully saturated rings. The molecule has 4 rings (SSSR count). The highest BCUT2D eigenvalue weighted by molar-refractivity contribution is 7.70. The first-order chi connectivity index (χ1) is 17.2. The molecule has 184 valence electrons. The second-order valence-electron chi connectivity index (χ2n) is 8.33. The standard InChI is InChI=1S/C25H25ClN7O2P/c1-4-23(34)29-18-11-9-17(10-12-18)15-33-16-19(13-28-33)30-25-27-14-20(26)24(32-25)31-21-7-5-6-8-22(21)36(2,3)35/h4-14,16H,1,15H2,2-3H3,(H,29,34)(H2,27,30,31,32). The van der Waals surface area contributed by atoms with Gasteiger partial charge in [0.05, 0.1) is 30.3 Å². The van der Waals surface area contributed by atoms with Gasteiger partial charge in [0.1, 0.15) is 12.2 Å². The molecule has 36 heavy (non-hydrogen) atoms. The van der Waals surface area contributed by atoms with Gasteiger partial charge in [-0.2, -0.15) is 10.1 Å². The van der Waals surface area contributed by atoms with Crippen LogP contribution in [0, 0.1) is 0 Å². The van der Waals surface area contributed by atoms with Crippen LogP contribution in [0.2, 0.25) is 5.02 Å². The van der Waals surface area contributed by atoms with Crippen LogP contribution in [0.25, 0.3) is 0 Å². The molecule has 9 nitrogen and oxygen atoms in total. The Kier molecular flexibility index (Phi) is 7.52. The zero-order chi connectivity index (χ0) is 25.7. The van der Waals surface area contributed by atoms with E-state index in [0.717, 1.165) is 5.56 Å². The highest BCUT2D eigenvalue weighted by atomic mass is 35.5. The first kappa shape index (κ1) is 25.2. The largest absolute Gasteiger partial charge is 0.338 e. The molecule has 0 aliphatic heterocycles. The molecule has 0 atom stereocenters. The molecule has 2 aromatic heterocycles. The van der Waals surface area contributed by atoms with Gasteiger partial charge in [0.2, 0.25) is 11.9 Å². The highest BCUT2D eigenvalue weighted by Crippen LogP contribution is 2.38. The van der Waals surface area contributed by atoms with Gasteiger partial charge in [0, 0.05) is 17.2 Å². The van der Waals surface area contributed by atoms with E-state index in [-0.39, 0.29) is 5.91 Å². The van der Waals surface area contributed by atoms with Crippen LogP contribution in [0.5, 0.6) is 0 Å². The fourth-order valence-corrected chi connectivity index (χ4v) is 4.70. The summed E-state index contributed by atoms with van der Waals surface area (Å²) < 4.78 is 14.4. The van der Waals surface area contributed by atoms with Crippen LogP contribution >= 0.6 is 18.7 Å². The predicted octanol–water partition coefficient (Wildman–Crippen LogP) is 5.23. The number of anilines is 5. The van der Waals surface area contributed by atoms with E-state index in [4.69, 9.17) is 11.6 Å². The van der Waals surface area contributed by atoms with Crippen molar-refractivity contribution in [2.24, 2.45) is 0 Å². The Morgan fingerprint density at radius 1 is 1.08 bits per heavy atom. The summed E-state index contributed by atoms with van der Waals surface area (Å²) in [6.07, 6.45) is 6.22. The maximum absolute atomic E-state index is 12.7. The maximum atomic E-state index is 12.7. The minimum atomic E-state index is -2.51. The van der Waals surface area contributed by atoms with Gasteiger partial charge in [-0.1, -0.05) is 42.4 Å². The molecular weight excluding hydrogens is 497 g/mol. The van der Waals surface area contributed by atoms with Crippen molar-refractivity contribution in [1.29, 1.82) is 0 Å². The molecule has 0 unspecified atom stereocenters. The van der Waals surface area contributed by atoms with E-state index in [1.807, 2.05) is 54.7 Å². The summed E-state index contributed by atoms with van der Waals surface area (Å²) in [4.78, 5) is 20.2. The van der Waals surface area contributed by atoms with Crippen LogP contribution < -0.4 is 21.3 Å². The van der Waals surface area contributed by atoms with Crippen molar-refractivity contribution in [2.45, 2.75) is 6.54 Å². The SMILES string of the molecule is C=CC(=O)Nc1ccc(Cn2cc(Nc3ncc(Cl)c(Nc4ccccc4P(C)(C)=O)n3)cn2)cc1. The third kappa shape index (κ3) is 6.38. The topological polar surface area (TPSA) is 114 Å². The number of amides is 1. The minimum Gasteiger partial charge on any atom is -0.338 e. The minimum absolute atomic E-state index is 0.256. The van der Waals surface area contributed by atoms with Gasteiger partial charge in [-0.15, -0.1) is 0 Å². The van der Waals surface area contributed by atoms with Crippen LogP contribution in [0.1, 0.15) is 5.56 Å². The van der Waals surface area contributed by atoms with Crippen LogP contribution in [0.3, 0.4) is 0 Å². The van der Waals surface area contributed by atoms with E-state index in [1.165, 1.54) is 12.3 Å². The van der Waals surface area contributed by atoms with E-state index < -0.39 is 7.14 Å².